The maximum absolute atomic E-state index is 13.4. The predicted molar refractivity (Wildman–Crippen MR) is 120 cm³/mol. The van der Waals surface area contributed by atoms with Gasteiger partial charge in [-0.3, -0.25) is 9.78 Å². The zero-order valence-electron chi connectivity index (χ0n) is 18.3. The third-order valence-electron chi connectivity index (χ3n) is 7.24. The zero-order valence-corrected chi connectivity index (χ0v) is 18.3. The molecule has 0 saturated heterocycles. The summed E-state index contributed by atoms with van der Waals surface area (Å²) in [7, 11) is 0. The number of fused-ring (bicyclic) bond motifs is 2. The highest BCUT2D eigenvalue weighted by Crippen LogP contribution is 2.56. The molecule has 1 amide bonds. The minimum absolute atomic E-state index is 0.188. The second-order valence-electron chi connectivity index (χ2n) is 9.22. The molecule has 33 heavy (non-hydrogen) atoms. The second kappa shape index (κ2) is 8.21. The van der Waals surface area contributed by atoms with Crippen molar-refractivity contribution in [3.63, 3.8) is 0 Å². The summed E-state index contributed by atoms with van der Waals surface area (Å²) in [4.78, 5) is 28.9. The van der Waals surface area contributed by atoms with Gasteiger partial charge in [0, 0.05) is 36.8 Å². The zero-order chi connectivity index (χ0) is 22.4. The van der Waals surface area contributed by atoms with E-state index >= 15 is 0 Å². The molecule has 0 unspecified atom stereocenters. The lowest BCUT2D eigenvalue weighted by atomic mass is 10.0. The lowest BCUT2D eigenvalue weighted by molar-refractivity contribution is -0.134. The van der Waals surface area contributed by atoms with Crippen molar-refractivity contribution in [3.05, 3.63) is 65.9 Å². The molecule has 1 aromatic carbocycles. The van der Waals surface area contributed by atoms with Crippen LogP contribution in [0, 0.1) is 23.6 Å². The molecule has 0 radical (unpaired) electrons. The standard InChI is InChI=1S/C26H25FN4O2/c27-17-5-7-18(8-6-17)33-25-21-15-31(26(32)23-19-3-1-2-4-20(19)23)14-11-22(21)29-24(30-25)16-9-12-28-13-10-16/h5-10,12-13,19-20,23H,1-4,11,14-15H2/t19-,20-/m1/s1. The molecule has 2 aliphatic carbocycles. The Kier molecular flexibility index (Phi) is 5.04. The summed E-state index contributed by atoms with van der Waals surface area (Å²) in [6.07, 6.45) is 8.92. The van der Waals surface area contributed by atoms with Crippen LogP contribution in [-0.4, -0.2) is 32.3 Å². The molecule has 2 aromatic heterocycles. The minimum Gasteiger partial charge on any atom is -0.439 e. The average Bonchev–Trinajstić information content (AvgIpc) is 3.59. The van der Waals surface area contributed by atoms with Gasteiger partial charge < -0.3 is 9.64 Å². The number of pyridine rings is 1. The maximum Gasteiger partial charge on any atom is 0.228 e. The number of halogens is 1. The highest BCUT2D eigenvalue weighted by molar-refractivity contribution is 5.82. The van der Waals surface area contributed by atoms with Crippen molar-refractivity contribution in [2.24, 2.45) is 17.8 Å². The van der Waals surface area contributed by atoms with Gasteiger partial charge in [0.05, 0.1) is 17.8 Å². The van der Waals surface area contributed by atoms with Gasteiger partial charge in [-0.15, -0.1) is 0 Å². The Morgan fingerprint density at radius 2 is 1.73 bits per heavy atom. The Labute approximate surface area is 191 Å². The second-order valence-corrected chi connectivity index (χ2v) is 9.22. The molecule has 0 N–H and O–H groups in total. The summed E-state index contributed by atoms with van der Waals surface area (Å²) < 4.78 is 19.5. The van der Waals surface area contributed by atoms with Crippen LogP contribution in [0.2, 0.25) is 0 Å². The first kappa shape index (κ1) is 20.3. The third-order valence-corrected chi connectivity index (χ3v) is 7.24. The van der Waals surface area contributed by atoms with E-state index in [0.717, 1.165) is 16.8 Å². The Morgan fingerprint density at radius 3 is 2.45 bits per heavy atom. The van der Waals surface area contributed by atoms with Crippen LogP contribution in [0.1, 0.15) is 36.9 Å². The van der Waals surface area contributed by atoms with Crippen LogP contribution >= 0.6 is 0 Å². The van der Waals surface area contributed by atoms with Crippen molar-refractivity contribution in [1.82, 2.24) is 19.9 Å². The van der Waals surface area contributed by atoms with Crippen LogP contribution < -0.4 is 4.74 Å². The number of hydrogen-bond donors (Lipinski definition) is 0. The van der Waals surface area contributed by atoms with Crippen LogP contribution in [0.5, 0.6) is 11.6 Å². The summed E-state index contributed by atoms with van der Waals surface area (Å²) in [6.45, 7) is 1.10. The van der Waals surface area contributed by atoms with Crippen molar-refractivity contribution in [1.29, 1.82) is 0 Å². The van der Waals surface area contributed by atoms with Crippen molar-refractivity contribution < 1.29 is 13.9 Å². The monoisotopic (exact) mass is 444 g/mol. The molecule has 7 heteroatoms. The summed E-state index contributed by atoms with van der Waals surface area (Å²) in [5.41, 5.74) is 2.57. The molecular formula is C26H25FN4O2. The molecular weight excluding hydrogens is 419 g/mol. The molecule has 168 valence electrons. The molecule has 6 rings (SSSR count). The summed E-state index contributed by atoms with van der Waals surface area (Å²) in [6, 6.07) is 9.59. The first-order valence-electron chi connectivity index (χ1n) is 11.7. The Balaban J connectivity index is 1.32. The van der Waals surface area contributed by atoms with Gasteiger partial charge in [-0.05, 0) is 61.1 Å². The molecule has 2 atom stereocenters. The SMILES string of the molecule is O=C(C1[C@@H]2CCCC[C@@H]12)N1CCc2nc(-c3ccncc3)nc(Oc3ccc(F)cc3)c2C1. The molecule has 2 saturated carbocycles. The average molecular weight is 445 g/mol. The maximum atomic E-state index is 13.4. The lowest BCUT2D eigenvalue weighted by Gasteiger charge is -2.30. The molecule has 6 nitrogen and oxygen atoms in total. The van der Waals surface area contributed by atoms with E-state index in [2.05, 4.69) is 4.98 Å². The number of rotatable bonds is 4. The smallest absolute Gasteiger partial charge is 0.228 e. The Morgan fingerprint density at radius 1 is 1.00 bits per heavy atom. The summed E-state index contributed by atoms with van der Waals surface area (Å²) in [5, 5.41) is 0. The fourth-order valence-corrected chi connectivity index (χ4v) is 5.47. The largest absolute Gasteiger partial charge is 0.439 e. The first-order valence-corrected chi connectivity index (χ1v) is 11.7. The third kappa shape index (κ3) is 3.86. The van der Waals surface area contributed by atoms with Crippen molar-refractivity contribution in [2.45, 2.75) is 38.6 Å². The van der Waals surface area contributed by atoms with E-state index in [4.69, 9.17) is 14.7 Å². The highest BCUT2D eigenvalue weighted by atomic mass is 19.1. The quantitative estimate of drug-likeness (QED) is 0.579. The van der Waals surface area contributed by atoms with Crippen LogP contribution in [0.3, 0.4) is 0 Å². The van der Waals surface area contributed by atoms with E-state index in [-0.39, 0.29) is 17.6 Å². The van der Waals surface area contributed by atoms with Gasteiger partial charge in [0.1, 0.15) is 11.6 Å². The first-order chi connectivity index (χ1) is 16.2. The minimum atomic E-state index is -0.327. The number of benzene rings is 1. The molecule has 3 heterocycles. The van der Waals surface area contributed by atoms with Crippen LogP contribution in [0.4, 0.5) is 4.39 Å². The molecule has 3 aromatic rings. The molecule has 0 spiro atoms. The van der Waals surface area contributed by atoms with Crippen LogP contribution in [0.15, 0.2) is 48.8 Å². The number of carbonyl (C=O) groups excluding carboxylic acids is 1. The number of nitrogens with zero attached hydrogens (tertiary/aromatic N) is 4. The number of carbonyl (C=O) groups is 1. The molecule has 0 bridgehead atoms. The van der Waals surface area contributed by atoms with E-state index in [0.29, 0.717) is 48.8 Å². The van der Waals surface area contributed by atoms with Crippen LogP contribution in [0.25, 0.3) is 11.4 Å². The van der Waals surface area contributed by atoms with Crippen LogP contribution in [-0.2, 0) is 17.8 Å². The Bertz CT molecular complexity index is 1170. The van der Waals surface area contributed by atoms with E-state index in [1.54, 1.807) is 24.5 Å². The molecule has 1 aliphatic heterocycles. The Hall–Kier alpha value is -3.35. The van der Waals surface area contributed by atoms with Gasteiger partial charge in [-0.2, -0.15) is 4.98 Å². The van der Waals surface area contributed by atoms with Gasteiger partial charge in [0.15, 0.2) is 5.82 Å². The van der Waals surface area contributed by atoms with E-state index < -0.39 is 0 Å². The van der Waals surface area contributed by atoms with Crippen molar-refractivity contribution >= 4 is 5.91 Å². The fraction of sp³-hybridized carbons (Fsp3) is 0.385. The normalized spacial score (nSPS) is 23.4. The van der Waals surface area contributed by atoms with Gasteiger partial charge >= 0.3 is 0 Å². The fourth-order valence-electron chi connectivity index (χ4n) is 5.47. The summed E-state index contributed by atoms with van der Waals surface area (Å²) in [5.74, 6) is 2.75. The van der Waals surface area contributed by atoms with E-state index in [9.17, 15) is 9.18 Å². The van der Waals surface area contributed by atoms with E-state index in [1.165, 1.54) is 37.8 Å². The van der Waals surface area contributed by atoms with Gasteiger partial charge in [0.25, 0.3) is 0 Å². The van der Waals surface area contributed by atoms with Gasteiger partial charge in [-0.25, -0.2) is 9.37 Å². The summed E-state index contributed by atoms with van der Waals surface area (Å²) >= 11 is 0. The van der Waals surface area contributed by atoms with Crippen molar-refractivity contribution in [2.75, 3.05) is 6.54 Å². The topological polar surface area (TPSA) is 68.2 Å². The number of ether oxygens (including phenoxy) is 1. The van der Waals surface area contributed by atoms with E-state index in [1.807, 2.05) is 17.0 Å². The number of hydrogen-bond acceptors (Lipinski definition) is 5. The number of aromatic nitrogens is 3. The molecule has 3 aliphatic rings. The lowest BCUT2D eigenvalue weighted by Crippen LogP contribution is -2.38. The molecule has 2 fully saturated rings. The van der Waals surface area contributed by atoms with Gasteiger partial charge in [0.2, 0.25) is 11.8 Å². The number of amides is 1. The van der Waals surface area contributed by atoms with Crippen molar-refractivity contribution in [3.8, 4) is 23.0 Å². The highest BCUT2D eigenvalue weighted by Gasteiger charge is 2.56. The van der Waals surface area contributed by atoms with Gasteiger partial charge in [-0.1, -0.05) is 12.8 Å². The predicted octanol–water partition coefficient (Wildman–Crippen LogP) is 4.79.